The van der Waals surface area contributed by atoms with Gasteiger partial charge in [-0.15, -0.1) is 0 Å². The average Bonchev–Trinajstić information content (AvgIpc) is 2.93. The molecule has 0 spiro atoms. The molecule has 7 heteroatoms. The molecule has 128 valence electrons. The normalized spacial score (nSPS) is 11.7. The smallest absolute Gasteiger partial charge is 0.325 e. The number of aromatic nitrogens is 1. The summed E-state index contributed by atoms with van der Waals surface area (Å²) < 4.78 is 20.3. The lowest BCUT2D eigenvalue weighted by Gasteiger charge is -2.05. The fourth-order valence-corrected chi connectivity index (χ4v) is 3.58. The first kappa shape index (κ1) is 17.0. The number of para-hydroxylation sites is 1. The molecule has 1 aromatic heterocycles. The molecule has 0 saturated carbocycles. The average molecular weight is 358 g/mol. The summed E-state index contributed by atoms with van der Waals surface area (Å²) in [6.07, 6.45) is 0. The van der Waals surface area contributed by atoms with Gasteiger partial charge in [-0.3, -0.25) is 9.59 Å². The Morgan fingerprint density at radius 1 is 1.20 bits per heavy atom. The molecule has 0 aliphatic heterocycles. The minimum atomic E-state index is -0.497. The second-order valence-electron chi connectivity index (χ2n) is 5.39. The lowest BCUT2D eigenvalue weighted by atomic mass is 10.2. The van der Waals surface area contributed by atoms with Gasteiger partial charge >= 0.3 is 5.97 Å². The summed E-state index contributed by atoms with van der Waals surface area (Å²) in [6, 6.07) is 10.9. The third-order valence-corrected chi connectivity index (χ3v) is 4.75. The van der Waals surface area contributed by atoms with Gasteiger partial charge in [0.25, 0.3) is 5.91 Å². The maximum absolute atomic E-state index is 13.0. The van der Waals surface area contributed by atoms with Gasteiger partial charge in [-0.05, 0) is 42.8 Å². The van der Waals surface area contributed by atoms with Crippen LogP contribution >= 0.6 is 11.3 Å². The molecule has 0 fully saturated rings. The van der Waals surface area contributed by atoms with Gasteiger partial charge in [0.2, 0.25) is 0 Å². The van der Waals surface area contributed by atoms with Crippen molar-refractivity contribution in [2.75, 3.05) is 7.11 Å². The lowest BCUT2D eigenvalue weighted by Crippen LogP contribution is -2.22. The van der Waals surface area contributed by atoms with Gasteiger partial charge in [0.15, 0.2) is 4.80 Å². The number of nitrogens with zero attached hydrogens (tertiary/aromatic N) is 2. The summed E-state index contributed by atoms with van der Waals surface area (Å²) in [5, 5.41) is 0. The van der Waals surface area contributed by atoms with E-state index in [1.807, 2.05) is 25.1 Å². The minimum Gasteiger partial charge on any atom is -0.468 e. The highest BCUT2D eigenvalue weighted by molar-refractivity contribution is 7.16. The molecule has 0 saturated heterocycles. The van der Waals surface area contributed by atoms with E-state index in [2.05, 4.69) is 4.99 Å². The standard InChI is InChI=1S/C18H15FN2O3S/c1-11-4-3-5-14-16(11)21(10-15(22)24-2)18(25-14)20-17(23)12-6-8-13(19)9-7-12/h3-9H,10H2,1-2H3. The zero-order valence-electron chi connectivity index (χ0n) is 13.7. The Bertz CT molecular complexity index is 1020. The summed E-state index contributed by atoms with van der Waals surface area (Å²) in [7, 11) is 1.31. The number of rotatable bonds is 3. The van der Waals surface area contributed by atoms with Crippen LogP contribution < -0.4 is 4.80 Å². The summed E-state index contributed by atoms with van der Waals surface area (Å²) in [5.41, 5.74) is 2.08. The van der Waals surface area contributed by atoms with Crippen molar-refractivity contribution in [1.82, 2.24) is 4.57 Å². The van der Waals surface area contributed by atoms with E-state index in [-0.39, 0.29) is 12.1 Å². The Labute approximate surface area is 147 Å². The van der Waals surface area contributed by atoms with E-state index in [1.54, 1.807) is 4.57 Å². The van der Waals surface area contributed by atoms with E-state index < -0.39 is 17.7 Å². The van der Waals surface area contributed by atoms with Gasteiger partial charge < -0.3 is 9.30 Å². The largest absolute Gasteiger partial charge is 0.468 e. The van der Waals surface area contributed by atoms with Gasteiger partial charge in [-0.2, -0.15) is 4.99 Å². The highest BCUT2D eigenvalue weighted by Crippen LogP contribution is 2.21. The Morgan fingerprint density at radius 2 is 1.92 bits per heavy atom. The third-order valence-electron chi connectivity index (χ3n) is 3.71. The van der Waals surface area contributed by atoms with Crippen molar-refractivity contribution < 1.29 is 18.7 Å². The van der Waals surface area contributed by atoms with Crippen LogP contribution in [-0.2, 0) is 16.1 Å². The monoisotopic (exact) mass is 358 g/mol. The quantitative estimate of drug-likeness (QED) is 0.676. The van der Waals surface area contributed by atoms with Gasteiger partial charge in [0, 0.05) is 5.56 Å². The maximum atomic E-state index is 13.0. The number of fused-ring (bicyclic) bond motifs is 1. The number of aryl methyl sites for hydroxylation is 1. The van der Waals surface area contributed by atoms with Crippen molar-refractivity contribution in [3.8, 4) is 0 Å². The van der Waals surface area contributed by atoms with Gasteiger partial charge in [0.05, 0.1) is 17.3 Å². The number of methoxy groups -OCH3 is 1. The Morgan fingerprint density at radius 3 is 2.60 bits per heavy atom. The molecule has 3 rings (SSSR count). The molecule has 0 aliphatic carbocycles. The molecule has 0 aliphatic rings. The highest BCUT2D eigenvalue weighted by Gasteiger charge is 2.14. The first-order valence-electron chi connectivity index (χ1n) is 7.50. The number of carbonyl (C=O) groups excluding carboxylic acids is 2. The fourth-order valence-electron chi connectivity index (χ4n) is 2.48. The molecule has 2 aromatic carbocycles. The first-order valence-corrected chi connectivity index (χ1v) is 8.31. The van der Waals surface area contributed by atoms with Crippen LogP contribution in [0.25, 0.3) is 10.2 Å². The van der Waals surface area contributed by atoms with E-state index in [9.17, 15) is 14.0 Å². The number of carbonyl (C=O) groups is 2. The molecule has 1 heterocycles. The fraction of sp³-hybridized carbons (Fsp3) is 0.167. The van der Waals surface area contributed by atoms with Crippen LogP contribution in [0.15, 0.2) is 47.5 Å². The Hall–Kier alpha value is -2.80. The van der Waals surface area contributed by atoms with E-state index >= 15 is 0 Å². The van der Waals surface area contributed by atoms with Crippen molar-refractivity contribution in [3.63, 3.8) is 0 Å². The molecule has 0 N–H and O–H groups in total. The zero-order chi connectivity index (χ0) is 18.0. The van der Waals surface area contributed by atoms with Crippen molar-refractivity contribution in [3.05, 3.63) is 64.2 Å². The number of esters is 1. The van der Waals surface area contributed by atoms with Crippen LogP contribution in [0.5, 0.6) is 0 Å². The Balaban J connectivity index is 2.15. The number of halogens is 1. The van der Waals surface area contributed by atoms with E-state index in [0.29, 0.717) is 4.80 Å². The number of thiazole rings is 1. The molecule has 5 nitrogen and oxygen atoms in total. The van der Waals surface area contributed by atoms with Crippen LogP contribution in [0.2, 0.25) is 0 Å². The number of ether oxygens (including phenoxy) is 1. The van der Waals surface area contributed by atoms with Crippen LogP contribution in [0, 0.1) is 12.7 Å². The zero-order valence-corrected chi connectivity index (χ0v) is 14.5. The lowest BCUT2D eigenvalue weighted by molar-refractivity contribution is -0.141. The molecule has 0 bridgehead atoms. The molecule has 3 aromatic rings. The summed E-state index contributed by atoms with van der Waals surface area (Å²) in [4.78, 5) is 28.7. The van der Waals surface area contributed by atoms with E-state index in [4.69, 9.17) is 4.74 Å². The van der Waals surface area contributed by atoms with Gasteiger partial charge in [0.1, 0.15) is 12.4 Å². The SMILES string of the molecule is COC(=O)Cn1c(=NC(=O)c2ccc(F)cc2)sc2cccc(C)c21. The summed E-state index contributed by atoms with van der Waals surface area (Å²) >= 11 is 1.31. The molecular weight excluding hydrogens is 343 g/mol. The van der Waals surface area contributed by atoms with Crippen LogP contribution in [-0.4, -0.2) is 23.6 Å². The predicted molar refractivity (Wildman–Crippen MR) is 92.9 cm³/mol. The van der Waals surface area contributed by atoms with Crippen molar-refractivity contribution in [1.29, 1.82) is 0 Å². The van der Waals surface area contributed by atoms with E-state index in [1.165, 1.54) is 42.7 Å². The second-order valence-corrected chi connectivity index (χ2v) is 6.40. The highest BCUT2D eigenvalue weighted by atomic mass is 32.1. The molecule has 0 atom stereocenters. The number of amides is 1. The van der Waals surface area contributed by atoms with E-state index in [0.717, 1.165) is 15.8 Å². The molecular formula is C18H15FN2O3S. The number of hydrogen-bond acceptors (Lipinski definition) is 4. The summed E-state index contributed by atoms with van der Waals surface area (Å²) in [6.45, 7) is 1.88. The molecule has 25 heavy (non-hydrogen) atoms. The van der Waals surface area contributed by atoms with Crippen LogP contribution in [0.3, 0.4) is 0 Å². The molecule has 0 unspecified atom stereocenters. The van der Waals surface area contributed by atoms with Crippen LogP contribution in [0.1, 0.15) is 15.9 Å². The van der Waals surface area contributed by atoms with Crippen molar-refractivity contribution in [2.45, 2.75) is 13.5 Å². The minimum absolute atomic E-state index is 0.0448. The first-order chi connectivity index (χ1) is 12.0. The summed E-state index contributed by atoms with van der Waals surface area (Å²) in [5.74, 6) is -1.35. The predicted octanol–water partition coefficient (Wildman–Crippen LogP) is 3.06. The number of hydrogen-bond donors (Lipinski definition) is 0. The second kappa shape index (κ2) is 6.98. The Kier molecular flexibility index (Phi) is 4.76. The van der Waals surface area contributed by atoms with Crippen molar-refractivity contribution in [2.24, 2.45) is 4.99 Å². The third kappa shape index (κ3) is 3.51. The van der Waals surface area contributed by atoms with Gasteiger partial charge in [-0.1, -0.05) is 23.5 Å². The van der Waals surface area contributed by atoms with Crippen LogP contribution in [0.4, 0.5) is 4.39 Å². The molecule has 1 amide bonds. The molecule has 0 radical (unpaired) electrons. The van der Waals surface area contributed by atoms with Gasteiger partial charge in [-0.25, -0.2) is 4.39 Å². The maximum Gasteiger partial charge on any atom is 0.325 e. The van der Waals surface area contributed by atoms with Crippen molar-refractivity contribution >= 4 is 33.4 Å². The number of benzene rings is 2. The topological polar surface area (TPSA) is 60.7 Å².